The topological polar surface area (TPSA) is 77.4 Å². The molecule has 0 unspecified atom stereocenters. The number of hydrogen-bond acceptors (Lipinski definition) is 4. The van der Waals surface area contributed by atoms with Crippen LogP contribution in [0.2, 0.25) is 0 Å². The van der Waals surface area contributed by atoms with Gasteiger partial charge in [-0.15, -0.1) is 0 Å². The summed E-state index contributed by atoms with van der Waals surface area (Å²) in [6.45, 7) is 1.88. The summed E-state index contributed by atoms with van der Waals surface area (Å²) in [5, 5.41) is 20.7. The molecule has 0 aromatic carbocycles. The lowest BCUT2D eigenvalue weighted by Crippen LogP contribution is -3.00. The number of aliphatic hydroxyl groups is 1. The SMILES string of the molecule is CCCC(=O)[C@@](O)(CC(=O)[O-])C[N+](C)(C)C.[Cl-]. The number of quaternary nitrogens is 1. The van der Waals surface area contributed by atoms with Crippen molar-refractivity contribution in [3.05, 3.63) is 0 Å². The van der Waals surface area contributed by atoms with Gasteiger partial charge in [-0.3, -0.25) is 4.79 Å². The summed E-state index contributed by atoms with van der Waals surface area (Å²) in [6, 6.07) is 0. The third-order valence-electron chi connectivity index (χ3n) is 2.17. The van der Waals surface area contributed by atoms with Crippen molar-refractivity contribution < 1.29 is 36.7 Å². The predicted octanol–water partition coefficient (Wildman–Crippen LogP) is -4.06. The monoisotopic (exact) mass is 266 g/mol. The molecule has 0 rings (SSSR count). The molecule has 5 nitrogen and oxygen atoms in total. The van der Waals surface area contributed by atoms with Crippen molar-refractivity contribution >= 4 is 11.8 Å². The molecule has 0 aliphatic heterocycles. The van der Waals surface area contributed by atoms with Crippen LogP contribution in [0.5, 0.6) is 0 Å². The van der Waals surface area contributed by atoms with Crippen molar-refractivity contribution in [2.75, 3.05) is 27.7 Å². The van der Waals surface area contributed by atoms with E-state index in [1.807, 2.05) is 6.92 Å². The highest BCUT2D eigenvalue weighted by molar-refractivity contribution is 5.90. The van der Waals surface area contributed by atoms with E-state index in [9.17, 15) is 19.8 Å². The Morgan fingerprint density at radius 2 is 1.76 bits per heavy atom. The van der Waals surface area contributed by atoms with Crippen LogP contribution in [0.25, 0.3) is 0 Å². The minimum absolute atomic E-state index is 0. The first kappa shape index (κ1) is 18.7. The third-order valence-corrected chi connectivity index (χ3v) is 2.17. The molecule has 0 saturated heterocycles. The van der Waals surface area contributed by atoms with Gasteiger partial charge in [-0.05, 0) is 6.42 Å². The predicted molar refractivity (Wildman–Crippen MR) is 57.4 cm³/mol. The Morgan fingerprint density at radius 3 is 2.06 bits per heavy atom. The quantitative estimate of drug-likeness (QED) is 0.476. The lowest BCUT2D eigenvalue weighted by Gasteiger charge is -2.34. The summed E-state index contributed by atoms with van der Waals surface area (Å²) in [5.74, 6) is -1.83. The molecule has 0 aliphatic rings. The number of likely N-dealkylation sites (N-methyl/N-ethyl adjacent to an activating group) is 1. The molecule has 0 heterocycles. The van der Waals surface area contributed by atoms with Gasteiger partial charge in [-0.1, -0.05) is 6.92 Å². The Labute approximate surface area is 108 Å². The zero-order valence-electron chi connectivity index (χ0n) is 10.8. The van der Waals surface area contributed by atoms with Crippen molar-refractivity contribution in [1.82, 2.24) is 0 Å². The Hall–Kier alpha value is -0.650. The standard InChI is InChI=1S/C11H21NO4.ClH/c1-5-6-9(13)11(16,7-10(14)15)8-12(2,3)4;/h16H,5-8H2,1-4H3;1H/p-1/t11-;/m1./s1. The maximum Gasteiger partial charge on any atom is 0.177 e. The van der Waals surface area contributed by atoms with Crippen LogP contribution in [0.1, 0.15) is 26.2 Å². The van der Waals surface area contributed by atoms with Crippen molar-refractivity contribution in [3.8, 4) is 0 Å². The molecule has 1 atom stereocenters. The van der Waals surface area contributed by atoms with Gasteiger partial charge in [0.1, 0.15) is 6.54 Å². The molecule has 0 aromatic rings. The molecule has 1 N–H and O–H groups in total. The number of Topliss-reactive ketones (excluding diaryl/α,β-unsaturated/α-hetero) is 1. The number of nitrogens with zero attached hydrogens (tertiary/aromatic N) is 1. The Morgan fingerprint density at radius 1 is 1.29 bits per heavy atom. The van der Waals surface area contributed by atoms with Gasteiger partial charge in [-0.25, -0.2) is 0 Å². The van der Waals surface area contributed by atoms with Crippen LogP contribution in [0.3, 0.4) is 0 Å². The smallest absolute Gasteiger partial charge is 0.177 e. The highest BCUT2D eigenvalue weighted by atomic mass is 35.5. The number of carboxylic acids is 1. The molecule has 0 spiro atoms. The second kappa shape index (κ2) is 6.93. The van der Waals surface area contributed by atoms with Crippen LogP contribution in [-0.4, -0.2) is 54.6 Å². The van der Waals surface area contributed by atoms with Crippen molar-refractivity contribution in [1.29, 1.82) is 0 Å². The molecule has 102 valence electrons. The molecule has 0 radical (unpaired) electrons. The van der Waals surface area contributed by atoms with E-state index in [1.54, 1.807) is 21.1 Å². The van der Waals surface area contributed by atoms with E-state index in [2.05, 4.69) is 0 Å². The van der Waals surface area contributed by atoms with E-state index in [0.29, 0.717) is 10.9 Å². The minimum atomic E-state index is -1.81. The number of rotatable bonds is 7. The van der Waals surface area contributed by atoms with Crippen LogP contribution in [0, 0.1) is 0 Å². The van der Waals surface area contributed by atoms with Crippen LogP contribution in [0.15, 0.2) is 0 Å². The van der Waals surface area contributed by atoms with E-state index >= 15 is 0 Å². The third kappa shape index (κ3) is 7.31. The average Bonchev–Trinajstić information content (AvgIpc) is 1.98. The number of halogens is 1. The molecule has 0 amide bonds. The Kier molecular flexibility index (Phi) is 7.63. The molecule has 0 aromatic heterocycles. The number of ketones is 1. The van der Waals surface area contributed by atoms with Crippen LogP contribution < -0.4 is 17.5 Å². The normalized spacial score (nSPS) is 14.6. The average molecular weight is 267 g/mol. The molecule has 6 heteroatoms. The maximum absolute atomic E-state index is 11.7. The van der Waals surface area contributed by atoms with Crippen molar-refractivity contribution in [2.45, 2.75) is 31.8 Å². The minimum Gasteiger partial charge on any atom is -1.00 e. The van der Waals surface area contributed by atoms with Crippen LogP contribution in [-0.2, 0) is 9.59 Å². The molecule has 0 bridgehead atoms. The molecular formula is C11H21ClNO4-. The second-order valence-electron chi connectivity index (χ2n) is 5.20. The number of hydrogen-bond donors (Lipinski definition) is 1. The largest absolute Gasteiger partial charge is 1.00 e. The van der Waals surface area contributed by atoms with E-state index in [-0.39, 0.29) is 25.4 Å². The Bertz CT molecular complexity index is 275. The second-order valence-corrected chi connectivity index (χ2v) is 5.20. The summed E-state index contributed by atoms with van der Waals surface area (Å²) >= 11 is 0. The van der Waals surface area contributed by atoms with Gasteiger partial charge in [-0.2, -0.15) is 0 Å². The van der Waals surface area contributed by atoms with Gasteiger partial charge in [0, 0.05) is 18.8 Å². The van der Waals surface area contributed by atoms with Gasteiger partial charge in [0.2, 0.25) is 0 Å². The zero-order chi connectivity index (χ0) is 13.0. The zero-order valence-corrected chi connectivity index (χ0v) is 11.6. The molecule has 0 aliphatic carbocycles. The fourth-order valence-electron chi connectivity index (χ4n) is 1.73. The molecule has 17 heavy (non-hydrogen) atoms. The van der Waals surface area contributed by atoms with E-state index in [1.165, 1.54) is 0 Å². The first-order valence-electron chi connectivity index (χ1n) is 5.37. The van der Waals surface area contributed by atoms with Gasteiger partial charge >= 0.3 is 0 Å². The summed E-state index contributed by atoms with van der Waals surface area (Å²) < 4.78 is 0.319. The number of carbonyl (C=O) groups is 2. The Balaban J connectivity index is 0. The van der Waals surface area contributed by atoms with Gasteiger partial charge < -0.3 is 31.9 Å². The summed E-state index contributed by atoms with van der Waals surface area (Å²) in [4.78, 5) is 22.3. The summed E-state index contributed by atoms with van der Waals surface area (Å²) in [7, 11) is 5.37. The molecule has 0 saturated carbocycles. The number of aliphatic carboxylic acids is 1. The number of carbonyl (C=O) groups excluding carboxylic acids is 2. The fourth-order valence-corrected chi connectivity index (χ4v) is 1.73. The fraction of sp³-hybridized carbons (Fsp3) is 0.818. The van der Waals surface area contributed by atoms with Crippen molar-refractivity contribution in [2.24, 2.45) is 0 Å². The molecular weight excluding hydrogens is 246 g/mol. The van der Waals surface area contributed by atoms with Gasteiger partial charge in [0.05, 0.1) is 21.1 Å². The maximum atomic E-state index is 11.7. The van der Waals surface area contributed by atoms with Gasteiger partial charge in [0.15, 0.2) is 11.4 Å². The first-order valence-corrected chi connectivity index (χ1v) is 5.37. The molecule has 0 fully saturated rings. The highest BCUT2D eigenvalue weighted by Crippen LogP contribution is 2.18. The van der Waals surface area contributed by atoms with E-state index in [0.717, 1.165) is 0 Å². The van der Waals surface area contributed by atoms with E-state index in [4.69, 9.17) is 0 Å². The summed E-state index contributed by atoms with van der Waals surface area (Å²) in [5.41, 5.74) is -1.81. The highest BCUT2D eigenvalue weighted by Gasteiger charge is 2.40. The van der Waals surface area contributed by atoms with E-state index < -0.39 is 23.8 Å². The van der Waals surface area contributed by atoms with Crippen molar-refractivity contribution in [3.63, 3.8) is 0 Å². The van der Waals surface area contributed by atoms with Gasteiger partial charge in [0.25, 0.3) is 0 Å². The van der Waals surface area contributed by atoms with Crippen LogP contribution in [0.4, 0.5) is 0 Å². The lowest BCUT2D eigenvalue weighted by molar-refractivity contribution is -0.875. The lowest BCUT2D eigenvalue weighted by atomic mass is 9.90. The summed E-state index contributed by atoms with van der Waals surface area (Å²) in [6.07, 6.45) is 0.135. The van der Waals surface area contributed by atoms with Crippen LogP contribution >= 0.6 is 0 Å². The first-order chi connectivity index (χ1) is 7.10. The number of carboxylic acid groups (broad SMARTS) is 1.